The minimum atomic E-state index is -0.410. The Kier molecular flexibility index (Phi) is 5.15. The summed E-state index contributed by atoms with van der Waals surface area (Å²) >= 11 is 0. The molecule has 0 N–H and O–H groups in total. The third-order valence-electron chi connectivity index (χ3n) is 3.55. The number of carbonyl (C=O) groups is 1. The molecule has 110 valence electrons. The van der Waals surface area contributed by atoms with Crippen molar-refractivity contribution in [2.24, 2.45) is 5.92 Å². The summed E-state index contributed by atoms with van der Waals surface area (Å²) < 4.78 is 16.6. The number of esters is 1. The van der Waals surface area contributed by atoms with Gasteiger partial charge in [0, 0.05) is 12.0 Å². The van der Waals surface area contributed by atoms with E-state index in [1.54, 1.807) is 0 Å². The standard InChI is InChI=1S/C16H22O4/c1-11(2)14-9-13(10-15(17)18-3)19-16(20-14)12-7-5-4-6-8-12/h4-8,11,13-14,16H,9-10H2,1-3H3/t13-,14+,16+/m1/s1. The van der Waals surface area contributed by atoms with E-state index in [2.05, 4.69) is 13.8 Å². The van der Waals surface area contributed by atoms with Gasteiger partial charge in [0.15, 0.2) is 6.29 Å². The predicted molar refractivity (Wildman–Crippen MR) is 75.0 cm³/mol. The quantitative estimate of drug-likeness (QED) is 0.794. The number of rotatable bonds is 4. The molecule has 4 heteroatoms. The molecule has 0 amide bonds. The predicted octanol–water partition coefficient (Wildman–Crippen LogP) is 3.08. The Morgan fingerprint density at radius 3 is 2.60 bits per heavy atom. The first-order valence-electron chi connectivity index (χ1n) is 7.02. The molecule has 20 heavy (non-hydrogen) atoms. The van der Waals surface area contributed by atoms with Gasteiger partial charge in [0.2, 0.25) is 0 Å². The molecule has 1 aromatic carbocycles. The number of ether oxygens (including phenoxy) is 3. The van der Waals surface area contributed by atoms with Gasteiger partial charge in [-0.2, -0.15) is 0 Å². The highest BCUT2D eigenvalue weighted by Gasteiger charge is 2.33. The molecule has 1 fully saturated rings. The van der Waals surface area contributed by atoms with E-state index >= 15 is 0 Å². The topological polar surface area (TPSA) is 44.8 Å². The van der Waals surface area contributed by atoms with Crippen LogP contribution in [0.25, 0.3) is 0 Å². The maximum absolute atomic E-state index is 11.5. The molecular weight excluding hydrogens is 256 g/mol. The van der Waals surface area contributed by atoms with Crippen LogP contribution in [0, 0.1) is 5.92 Å². The molecule has 0 bridgehead atoms. The van der Waals surface area contributed by atoms with Crippen molar-refractivity contribution in [2.45, 2.75) is 45.2 Å². The lowest BCUT2D eigenvalue weighted by Crippen LogP contribution is -2.37. The van der Waals surface area contributed by atoms with Crippen LogP contribution >= 0.6 is 0 Å². The van der Waals surface area contributed by atoms with Crippen molar-refractivity contribution in [3.63, 3.8) is 0 Å². The second-order valence-corrected chi connectivity index (χ2v) is 5.44. The van der Waals surface area contributed by atoms with Crippen LogP contribution < -0.4 is 0 Å². The molecule has 0 aromatic heterocycles. The van der Waals surface area contributed by atoms with Crippen molar-refractivity contribution < 1.29 is 19.0 Å². The van der Waals surface area contributed by atoms with E-state index < -0.39 is 6.29 Å². The highest BCUT2D eigenvalue weighted by atomic mass is 16.7. The molecule has 1 heterocycles. The normalized spacial score (nSPS) is 26.5. The number of hydrogen-bond acceptors (Lipinski definition) is 4. The molecule has 0 saturated carbocycles. The summed E-state index contributed by atoms with van der Waals surface area (Å²) in [5.74, 6) is 0.136. The largest absolute Gasteiger partial charge is 0.469 e. The maximum atomic E-state index is 11.5. The van der Waals surface area contributed by atoms with Gasteiger partial charge in [-0.25, -0.2) is 0 Å². The van der Waals surface area contributed by atoms with Crippen LogP contribution in [0.2, 0.25) is 0 Å². The smallest absolute Gasteiger partial charge is 0.308 e. The fourth-order valence-corrected chi connectivity index (χ4v) is 2.33. The molecule has 4 nitrogen and oxygen atoms in total. The van der Waals surface area contributed by atoms with E-state index in [1.165, 1.54) is 7.11 Å². The Balaban J connectivity index is 2.10. The van der Waals surface area contributed by atoms with Gasteiger partial charge >= 0.3 is 5.97 Å². The zero-order valence-corrected chi connectivity index (χ0v) is 12.2. The zero-order valence-electron chi connectivity index (χ0n) is 12.2. The summed E-state index contributed by atoms with van der Waals surface area (Å²) in [6.07, 6.45) is 0.507. The Hall–Kier alpha value is -1.39. The van der Waals surface area contributed by atoms with Gasteiger partial charge in [-0.15, -0.1) is 0 Å². The number of hydrogen-bond donors (Lipinski definition) is 0. The SMILES string of the molecule is COC(=O)C[C@H]1C[C@@H](C(C)C)O[C@@H](c2ccccc2)O1. The molecule has 0 spiro atoms. The van der Waals surface area contributed by atoms with Crippen LogP contribution in [0.4, 0.5) is 0 Å². The summed E-state index contributed by atoms with van der Waals surface area (Å²) in [5.41, 5.74) is 0.979. The first-order valence-corrected chi connectivity index (χ1v) is 7.02. The Morgan fingerprint density at radius 2 is 2.00 bits per heavy atom. The molecule has 0 radical (unpaired) electrons. The van der Waals surface area contributed by atoms with Gasteiger partial charge in [0.25, 0.3) is 0 Å². The fraction of sp³-hybridized carbons (Fsp3) is 0.562. The van der Waals surface area contributed by atoms with Crippen LogP contribution in [0.1, 0.15) is 38.5 Å². The lowest BCUT2D eigenvalue weighted by atomic mass is 9.97. The molecule has 1 saturated heterocycles. The summed E-state index contributed by atoms with van der Waals surface area (Å²) in [6, 6.07) is 9.82. The minimum Gasteiger partial charge on any atom is -0.469 e. The third kappa shape index (κ3) is 3.81. The Morgan fingerprint density at radius 1 is 1.30 bits per heavy atom. The van der Waals surface area contributed by atoms with E-state index in [0.29, 0.717) is 5.92 Å². The third-order valence-corrected chi connectivity index (χ3v) is 3.55. The van der Waals surface area contributed by atoms with Gasteiger partial charge in [-0.1, -0.05) is 44.2 Å². The first kappa shape index (κ1) is 15.0. The van der Waals surface area contributed by atoms with Crippen LogP contribution in [-0.2, 0) is 19.0 Å². The molecule has 1 aromatic rings. The molecule has 0 aliphatic carbocycles. The molecule has 2 rings (SSSR count). The zero-order chi connectivity index (χ0) is 14.5. The minimum absolute atomic E-state index is 0.0867. The van der Waals surface area contributed by atoms with Crippen molar-refractivity contribution in [1.29, 1.82) is 0 Å². The van der Waals surface area contributed by atoms with Crippen LogP contribution in [0.5, 0.6) is 0 Å². The summed E-state index contributed by atoms with van der Waals surface area (Å²) in [5, 5.41) is 0. The average molecular weight is 278 g/mol. The van der Waals surface area contributed by atoms with Gasteiger partial charge in [-0.3, -0.25) is 4.79 Å². The van der Waals surface area contributed by atoms with Crippen molar-refractivity contribution in [1.82, 2.24) is 0 Å². The van der Waals surface area contributed by atoms with Crippen molar-refractivity contribution >= 4 is 5.97 Å². The highest BCUT2D eigenvalue weighted by molar-refractivity contribution is 5.69. The number of methoxy groups -OCH3 is 1. The van der Waals surface area contributed by atoms with Crippen molar-refractivity contribution in [3.8, 4) is 0 Å². The van der Waals surface area contributed by atoms with Crippen LogP contribution in [-0.4, -0.2) is 25.3 Å². The van der Waals surface area contributed by atoms with Gasteiger partial charge < -0.3 is 14.2 Å². The van der Waals surface area contributed by atoms with Crippen LogP contribution in [0.15, 0.2) is 30.3 Å². The van der Waals surface area contributed by atoms with E-state index in [0.717, 1.165) is 12.0 Å². The van der Waals surface area contributed by atoms with Crippen molar-refractivity contribution in [2.75, 3.05) is 7.11 Å². The fourth-order valence-electron chi connectivity index (χ4n) is 2.33. The van der Waals surface area contributed by atoms with Crippen molar-refractivity contribution in [3.05, 3.63) is 35.9 Å². The number of benzene rings is 1. The van der Waals surface area contributed by atoms with E-state index in [-0.39, 0.29) is 24.6 Å². The monoisotopic (exact) mass is 278 g/mol. The van der Waals surface area contributed by atoms with E-state index in [4.69, 9.17) is 14.2 Å². The van der Waals surface area contributed by atoms with Gasteiger partial charge in [0.05, 0.1) is 25.7 Å². The Bertz CT molecular complexity index is 429. The molecule has 3 atom stereocenters. The maximum Gasteiger partial charge on any atom is 0.308 e. The second kappa shape index (κ2) is 6.86. The van der Waals surface area contributed by atoms with Crippen LogP contribution in [0.3, 0.4) is 0 Å². The molecule has 1 aliphatic heterocycles. The number of carbonyl (C=O) groups excluding carboxylic acids is 1. The second-order valence-electron chi connectivity index (χ2n) is 5.44. The lowest BCUT2D eigenvalue weighted by Gasteiger charge is -2.37. The van der Waals surface area contributed by atoms with E-state index in [9.17, 15) is 4.79 Å². The van der Waals surface area contributed by atoms with Gasteiger partial charge in [0.1, 0.15) is 0 Å². The summed E-state index contributed by atoms with van der Waals surface area (Å²) in [6.45, 7) is 4.24. The molecular formula is C16H22O4. The lowest BCUT2D eigenvalue weighted by molar-refractivity contribution is -0.257. The summed E-state index contributed by atoms with van der Waals surface area (Å²) in [7, 11) is 1.40. The van der Waals surface area contributed by atoms with E-state index in [1.807, 2.05) is 30.3 Å². The summed E-state index contributed by atoms with van der Waals surface area (Å²) in [4.78, 5) is 11.5. The Labute approximate surface area is 120 Å². The highest BCUT2D eigenvalue weighted by Crippen LogP contribution is 2.33. The first-order chi connectivity index (χ1) is 9.60. The molecule has 0 unspecified atom stereocenters. The average Bonchev–Trinajstić information content (AvgIpc) is 2.47. The molecule has 1 aliphatic rings. The van der Waals surface area contributed by atoms with Gasteiger partial charge in [-0.05, 0) is 5.92 Å².